The Balaban J connectivity index is 1.77. The Kier molecular flexibility index (Phi) is 6.91. The Morgan fingerprint density at radius 2 is 1.86 bits per heavy atom. The summed E-state index contributed by atoms with van der Waals surface area (Å²) >= 11 is 18.8. The second-order valence-corrected chi connectivity index (χ2v) is 14.7. The second kappa shape index (κ2) is 9.06. The van der Waals surface area contributed by atoms with Crippen LogP contribution in [0.25, 0.3) is 11.0 Å². The Hall–Kier alpha value is -1.57. The van der Waals surface area contributed by atoms with E-state index in [9.17, 15) is 4.79 Å². The van der Waals surface area contributed by atoms with Crippen LogP contribution in [0.15, 0.2) is 36.7 Å². The number of benzene rings is 1. The third-order valence-electron chi connectivity index (χ3n) is 4.40. The van der Waals surface area contributed by atoms with Gasteiger partial charge in [0.2, 0.25) is 0 Å². The SMILES string of the molecule is C[Si](C)(C)CCOCn1ccc2c(Cl)c(C(=O)Nc3c(Cl)cccc3Cl)cnc21. The van der Waals surface area contributed by atoms with Crippen LogP contribution in [-0.2, 0) is 11.5 Å². The van der Waals surface area contributed by atoms with Crippen molar-refractivity contribution in [3.8, 4) is 0 Å². The van der Waals surface area contributed by atoms with Gasteiger partial charge in [0, 0.05) is 32.5 Å². The van der Waals surface area contributed by atoms with E-state index in [1.165, 1.54) is 6.20 Å². The van der Waals surface area contributed by atoms with Crippen LogP contribution in [-0.4, -0.2) is 30.1 Å². The third-order valence-corrected chi connectivity index (χ3v) is 7.14. The van der Waals surface area contributed by atoms with E-state index in [0.29, 0.717) is 45.1 Å². The van der Waals surface area contributed by atoms with Crippen molar-refractivity contribution < 1.29 is 9.53 Å². The molecule has 1 N–H and O–H groups in total. The summed E-state index contributed by atoms with van der Waals surface area (Å²) in [5.41, 5.74) is 1.24. The summed E-state index contributed by atoms with van der Waals surface area (Å²) in [5.74, 6) is -0.432. The maximum atomic E-state index is 12.7. The summed E-state index contributed by atoms with van der Waals surface area (Å²) in [6.45, 7) is 8.03. The predicted molar refractivity (Wildman–Crippen MR) is 123 cm³/mol. The molecule has 0 aliphatic carbocycles. The minimum Gasteiger partial charge on any atom is -0.361 e. The van der Waals surface area contributed by atoms with E-state index in [1.807, 2.05) is 16.8 Å². The van der Waals surface area contributed by atoms with Crippen molar-refractivity contribution in [1.29, 1.82) is 0 Å². The van der Waals surface area contributed by atoms with Crippen molar-refractivity contribution in [2.24, 2.45) is 0 Å². The van der Waals surface area contributed by atoms with E-state index in [4.69, 9.17) is 39.5 Å². The third kappa shape index (κ3) is 5.32. The molecule has 154 valence electrons. The number of amides is 1. The number of fused-ring (bicyclic) bond motifs is 1. The smallest absolute Gasteiger partial charge is 0.258 e. The van der Waals surface area contributed by atoms with E-state index < -0.39 is 14.0 Å². The number of halogens is 3. The Bertz CT molecular complexity index is 1030. The van der Waals surface area contributed by atoms with Gasteiger partial charge in [-0.2, -0.15) is 0 Å². The summed E-state index contributed by atoms with van der Waals surface area (Å²) in [6, 6.07) is 7.92. The highest BCUT2D eigenvalue weighted by Gasteiger charge is 2.18. The molecule has 0 bridgehead atoms. The Morgan fingerprint density at radius 1 is 1.17 bits per heavy atom. The van der Waals surface area contributed by atoms with Gasteiger partial charge < -0.3 is 14.6 Å². The molecule has 0 saturated heterocycles. The molecule has 3 aromatic rings. The minimum atomic E-state index is -1.14. The number of nitrogens with one attached hydrogen (secondary N) is 1. The van der Waals surface area contributed by atoms with E-state index >= 15 is 0 Å². The molecule has 1 amide bonds. The molecule has 9 heteroatoms. The van der Waals surface area contributed by atoms with Crippen LogP contribution >= 0.6 is 34.8 Å². The van der Waals surface area contributed by atoms with Gasteiger partial charge in [-0.3, -0.25) is 4.79 Å². The molecule has 0 atom stereocenters. The summed E-state index contributed by atoms with van der Waals surface area (Å²) < 4.78 is 7.66. The molecule has 1 aromatic carbocycles. The molecular formula is C20H22Cl3N3O2Si. The number of rotatable bonds is 7. The molecule has 29 heavy (non-hydrogen) atoms. The molecule has 0 saturated carbocycles. The number of aromatic nitrogens is 2. The Labute approximate surface area is 185 Å². The summed E-state index contributed by atoms with van der Waals surface area (Å²) in [4.78, 5) is 17.1. The molecule has 0 fully saturated rings. The quantitative estimate of drug-likeness (QED) is 0.314. The molecule has 0 spiro atoms. The van der Waals surface area contributed by atoms with Crippen LogP contribution < -0.4 is 5.32 Å². The first-order valence-electron chi connectivity index (χ1n) is 9.14. The van der Waals surface area contributed by atoms with Gasteiger partial charge in [-0.1, -0.05) is 60.5 Å². The van der Waals surface area contributed by atoms with Crippen molar-refractivity contribution in [3.63, 3.8) is 0 Å². The summed E-state index contributed by atoms with van der Waals surface area (Å²) in [6.07, 6.45) is 3.30. The van der Waals surface area contributed by atoms with Crippen molar-refractivity contribution in [3.05, 3.63) is 57.3 Å². The number of ether oxygens (including phenoxy) is 1. The van der Waals surface area contributed by atoms with Gasteiger partial charge in [0.1, 0.15) is 12.4 Å². The van der Waals surface area contributed by atoms with Gasteiger partial charge in [0.25, 0.3) is 5.91 Å². The molecule has 5 nitrogen and oxygen atoms in total. The first-order valence-corrected chi connectivity index (χ1v) is 14.0. The molecule has 0 aliphatic heterocycles. The number of nitrogens with zero attached hydrogens (tertiary/aromatic N) is 2. The Morgan fingerprint density at radius 3 is 2.52 bits per heavy atom. The van der Waals surface area contributed by atoms with Gasteiger partial charge in [0.05, 0.1) is 26.3 Å². The lowest BCUT2D eigenvalue weighted by Gasteiger charge is -2.15. The molecule has 3 rings (SSSR count). The number of pyridine rings is 1. The highest BCUT2D eigenvalue weighted by Crippen LogP contribution is 2.32. The summed E-state index contributed by atoms with van der Waals surface area (Å²) in [5, 5.41) is 4.39. The highest BCUT2D eigenvalue weighted by molar-refractivity contribution is 6.76. The molecule has 0 radical (unpaired) electrons. The monoisotopic (exact) mass is 469 g/mol. The molecule has 2 heterocycles. The largest absolute Gasteiger partial charge is 0.361 e. The fourth-order valence-electron chi connectivity index (χ4n) is 2.71. The van der Waals surface area contributed by atoms with Crippen LogP contribution in [0.3, 0.4) is 0 Å². The van der Waals surface area contributed by atoms with Gasteiger partial charge in [-0.15, -0.1) is 0 Å². The average Bonchev–Trinajstić information content (AvgIpc) is 3.05. The zero-order valence-corrected chi connectivity index (χ0v) is 19.7. The van der Waals surface area contributed by atoms with Gasteiger partial charge in [0.15, 0.2) is 0 Å². The summed E-state index contributed by atoms with van der Waals surface area (Å²) in [7, 11) is -1.14. The van der Waals surface area contributed by atoms with Crippen molar-refractivity contribution in [2.45, 2.75) is 32.4 Å². The number of hydrogen-bond donors (Lipinski definition) is 1. The normalized spacial score (nSPS) is 11.8. The first kappa shape index (κ1) is 22.1. The lowest BCUT2D eigenvalue weighted by atomic mass is 10.2. The zero-order valence-electron chi connectivity index (χ0n) is 16.4. The maximum absolute atomic E-state index is 12.7. The van der Waals surface area contributed by atoms with E-state index in [-0.39, 0.29) is 5.56 Å². The number of carbonyl (C=O) groups is 1. The molecular weight excluding hydrogens is 449 g/mol. The number of para-hydroxylation sites is 1. The van der Waals surface area contributed by atoms with Crippen molar-refractivity contribution >= 4 is 65.5 Å². The minimum absolute atomic E-state index is 0.243. The van der Waals surface area contributed by atoms with Crippen LogP contribution in [0, 0.1) is 0 Å². The molecule has 2 aromatic heterocycles. The van der Waals surface area contributed by atoms with E-state index in [0.717, 1.165) is 6.04 Å². The van der Waals surface area contributed by atoms with Crippen LogP contribution in [0.4, 0.5) is 5.69 Å². The van der Waals surface area contributed by atoms with Gasteiger partial charge in [-0.05, 0) is 24.2 Å². The molecule has 0 unspecified atom stereocenters. The average molecular weight is 471 g/mol. The second-order valence-electron chi connectivity index (χ2n) is 7.91. The van der Waals surface area contributed by atoms with Gasteiger partial charge in [-0.25, -0.2) is 4.98 Å². The molecule has 0 aliphatic rings. The number of anilines is 1. The standard InChI is InChI=1S/C20H22Cl3N3O2Si/c1-29(2,3)10-9-28-12-26-8-7-13-17(23)14(11-24-19(13)26)20(27)25-18-15(21)5-4-6-16(18)22/h4-8,11H,9-10,12H2,1-3H3,(H,25,27). The van der Waals surface area contributed by atoms with Crippen LogP contribution in [0.2, 0.25) is 40.8 Å². The zero-order chi connectivity index (χ0) is 21.2. The predicted octanol–water partition coefficient (Wildman–Crippen LogP) is 6.56. The fraction of sp³-hybridized carbons (Fsp3) is 0.300. The van der Waals surface area contributed by atoms with E-state index in [2.05, 4.69) is 29.9 Å². The highest BCUT2D eigenvalue weighted by atomic mass is 35.5. The maximum Gasteiger partial charge on any atom is 0.258 e. The fourth-order valence-corrected chi connectivity index (χ4v) is 4.24. The lowest BCUT2D eigenvalue weighted by Crippen LogP contribution is -2.22. The van der Waals surface area contributed by atoms with Crippen LogP contribution in [0.1, 0.15) is 10.4 Å². The van der Waals surface area contributed by atoms with Crippen molar-refractivity contribution in [1.82, 2.24) is 9.55 Å². The topological polar surface area (TPSA) is 56.1 Å². The number of hydrogen-bond acceptors (Lipinski definition) is 3. The number of carbonyl (C=O) groups excluding carboxylic acids is 1. The van der Waals surface area contributed by atoms with Crippen LogP contribution in [0.5, 0.6) is 0 Å². The van der Waals surface area contributed by atoms with E-state index in [1.54, 1.807) is 18.2 Å². The first-order chi connectivity index (χ1) is 13.7. The lowest BCUT2D eigenvalue weighted by molar-refractivity contribution is 0.0899. The van der Waals surface area contributed by atoms with Crippen molar-refractivity contribution in [2.75, 3.05) is 11.9 Å². The van der Waals surface area contributed by atoms with Gasteiger partial charge >= 0.3 is 0 Å².